The van der Waals surface area contributed by atoms with E-state index in [0.717, 1.165) is 5.56 Å². The number of amides is 1. The van der Waals surface area contributed by atoms with Crippen LogP contribution in [0.5, 0.6) is 0 Å². The highest BCUT2D eigenvalue weighted by molar-refractivity contribution is 9.10. The lowest BCUT2D eigenvalue weighted by molar-refractivity contribution is -0.139. The van der Waals surface area contributed by atoms with Gasteiger partial charge in [0.2, 0.25) is 0 Å². The first kappa shape index (κ1) is 15.0. The van der Waals surface area contributed by atoms with Gasteiger partial charge >= 0.3 is 5.97 Å². The van der Waals surface area contributed by atoms with Gasteiger partial charge in [0.1, 0.15) is 4.83 Å². The fourth-order valence-corrected chi connectivity index (χ4v) is 1.85. The molecular weight excluding hydrogens is 321 g/mol. The largest absolute Gasteiger partial charge is 0.468 e. The van der Waals surface area contributed by atoms with Crippen molar-refractivity contribution >= 4 is 39.4 Å². The summed E-state index contributed by atoms with van der Waals surface area (Å²) in [7, 11) is 1.29. The second-order valence-electron chi connectivity index (χ2n) is 3.66. The molecule has 6 heteroatoms. The molecule has 1 aromatic carbocycles. The molecule has 0 saturated carbocycles. The Labute approximate surface area is 119 Å². The van der Waals surface area contributed by atoms with Crippen molar-refractivity contribution in [3.05, 3.63) is 34.3 Å². The number of hydrogen-bond donors (Lipinski definition) is 1. The standard InChI is InChI=1S/C12H13BrClNO3/c1-7-3-4-8(14)5-9(7)11(16)15-6-10(13)12(17)18-2/h3-5,10H,6H2,1-2H3,(H,15,16). The van der Waals surface area contributed by atoms with Crippen molar-refractivity contribution in [3.63, 3.8) is 0 Å². The molecule has 18 heavy (non-hydrogen) atoms. The molecule has 0 aromatic heterocycles. The summed E-state index contributed by atoms with van der Waals surface area (Å²) in [6.07, 6.45) is 0. The van der Waals surface area contributed by atoms with Gasteiger partial charge in [-0.2, -0.15) is 0 Å². The Morgan fingerprint density at radius 3 is 2.78 bits per heavy atom. The Morgan fingerprint density at radius 2 is 2.17 bits per heavy atom. The minimum absolute atomic E-state index is 0.150. The summed E-state index contributed by atoms with van der Waals surface area (Å²) in [6.45, 7) is 1.97. The minimum atomic E-state index is -0.564. The van der Waals surface area contributed by atoms with E-state index in [-0.39, 0.29) is 12.5 Å². The predicted molar refractivity (Wildman–Crippen MR) is 73.3 cm³/mol. The number of alkyl halides is 1. The Hall–Kier alpha value is -1.07. The molecule has 0 saturated heterocycles. The number of ether oxygens (including phenoxy) is 1. The van der Waals surface area contributed by atoms with Crippen LogP contribution in [-0.2, 0) is 9.53 Å². The van der Waals surface area contributed by atoms with Crippen molar-refractivity contribution < 1.29 is 14.3 Å². The SMILES string of the molecule is COC(=O)C(Br)CNC(=O)c1cc(Cl)ccc1C. The molecule has 0 heterocycles. The van der Waals surface area contributed by atoms with Crippen molar-refractivity contribution in [2.45, 2.75) is 11.8 Å². The van der Waals surface area contributed by atoms with Gasteiger partial charge in [-0.15, -0.1) is 0 Å². The Kier molecular flexibility index (Phi) is 5.62. The predicted octanol–water partition coefficient (Wildman–Crippen LogP) is 2.31. The number of rotatable bonds is 4. The first-order chi connectivity index (χ1) is 8.45. The fraction of sp³-hybridized carbons (Fsp3) is 0.333. The lowest BCUT2D eigenvalue weighted by Crippen LogP contribution is -2.34. The summed E-state index contributed by atoms with van der Waals surface area (Å²) in [5.41, 5.74) is 1.31. The van der Waals surface area contributed by atoms with E-state index in [1.54, 1.807) is 18.2 Å². The normalized spacial score (nSPS) is 11.8. The van der Waals surface area contributed by atoms with Crippen LogP contribution < -0.4 is 5.32 Å². The van der Waals surface area contributed by atoms with E-state index in [1.165, 1.54) is 7.11 Å². The molecule has 0 bridgehead atoms. The summed E-state index contributed by atoms with van der Waals surface area (Å²) < 4.78 is 4.53. The van der Waals surface area contributed by atoms with Gasteiger partial charge in [0.15, 0.2) is 0 Å². The van der Waals surface area contributed by atoms with Gasteiger partial charge < -0.3 is 10.1 Å². The van der Waals surface area contributed by atoms with Crippen LogP contribution in [0.4, 0.5) is 0 Å². The average Bonchev–Trinajstić information content (AvgIpc) is 2.37. The molecule has 1 unspecified atom stereocenters. The first-order valence-corrected chi connectivity index (χ1v) is 6.51. The van der Waals surface area contributed by atoms with E-state index in [4.69, 9.17) is 11.6 Å². The number of carbonyl (C=O) groups excluding carboxylic acids is 2. The van der Waals surface area contributed by atoms with Crippen molar-refractivity contribution in [3.8, 4) is 0 Å². The molecule has 4 nitrogen and oxygen atoms in total. The van der Waals surface area contributed by atoms with Crippen LogP contribution >= 0.6 is 27.5 Å². The number of methoxy groups -OCH3 is 1. The molecule has 1 amide bonds. The molecule has 98 valence electrons. The molecule has 0 fully saturated rings. The van der Waals surface area contributed by atoms with Gasteiger partial charge in [-0.25, -0.2) is 0 Å². The van der Waals surface area contributed by atoms with Crippen LogP contribution in [0.15, 0.2) is 18.2 Å². The van der Waals surface area contributed by atoms with Crippen LogP contribution in [0.25, 0.3) is 0 Å². The average molecular weight is 335 g/mol. The summed E-state index contributed by atoms with van der Waals surface area (Å²) in [6, 6.07) is 5.08. The number of carbonyl (C=O) groups is 2. The molecule has 1 aromatic rings. The lowest BCUT2D eigenvalue weighted by Gasteiger charge is -2.10. The zero-order valence-corrected chi connectivity index (χ0v) is 12.3. The van der Waals surface area contributed by atoms with Crippen LogP contribution in [0, 0.1) is 6.92 Å². The highest BCUT2D eigenvalue weighted by Crippen LogP contribution is 2.15. The van der Waals surface area contributed by atoms with E-state index in [1.807, 2.05) is 6.92 Å². The van der Waals surface area contributed by atoms with Gasteiger partial charge in [0.25, 0.3) is 5.91 Å². The maximum atomic E-state index is 11.9. The third kappa shape index (κ3) is 3.99. The quantitative estimate of drug-likeness (QED) is 0.679. The van der Waals surface area contributed by atoms with E-state index in [9.17, 15) is 9.59 Å². The van der Waals surface area contributed by atoms with Crippen LogP contribution in [0.2, 0.25) is 5.02 Å². The maximum Gasteiger partial charge on any atom is 0.321 e. The molecule has 0 aliphatic carbocycles. The summed E-state index contributed by atoms with van der Waals surface area (Å²) in [5.74, 6) is -0.707. The van der Waals surface area contributed by atoms with Crippen molar-refractivity contribution in [1.82, 2.24) is 5.32 Å². The van der Waals surface area contributed by atoms with Gasteiger partial charge in [0.05, 0.1) is 7.11 Å². The number of aryl methyl sites for hydroxylation is 1. The molecular formula is C12H13BrClNO3. The molecule has 1 rings (SSSR count). The van der Waals surface area contributed by atoms with E-state index in [0.29, 0.717) is 10.6 Å². The molecule has 1 atom stereocenters. The van der Waals surface area contributed by atoms with E-state index < -0.39 is 10.8 Å². The van der Waals surface area contributed by atoms with Crippen LogP contribution in [-0.4, -0.2) is 30.4 Å². The van der Waals surface area contributed by atoms with Crippen LogP contribution in [0.1, 0.15) is 15.9 Å². The number of esters is 1. The summed E-state index contributed by atoms with van der Waals surface area (Å²) in [5, 5.41) is 3.13. The highest BCUT2D eigenvalue weighted by Gasteiger charge is 2.17. The van der Waals surface area contributed by atoms with E-state index in [2.05, 4.69) is 26.0 Å². The monoisotopic (exact) mass is 333 g/mol. The maximum absolute atomic E-state index is 11.9. The lowest BCUT2D eigenvalue weighted by atomic mass is 10.1. The third-order valence-electron chi connectivity index (χ3n) is 2.34. The second kappa shape index (κ2) is 6.75. The third-order valence-corrected chi connectivity index (χ3v) is 3.28. The van der Waals surface area contributed by atoms with Crippen LogP contribution in [0.3, 0.4) is 0 Å². The Balaban J connectivity index is 2.66. The summed E-state index contributed by atoms with van der Waals surface area (Å²) >= 11 is 8.96. The Bertz CT molecular complexity index is 465. The zero-order chi connectivity index (χ0) is 13.7. The number of benzene rings is 1. The number of halogens is 2. The summed E-state index contributed by atoms with van der Waals surface area (Å²) in [4.78, 5) is 22.5. The topological polar surface area (TPSA) is 55.4 Å². The molecule has 1 N–H and O–H groups in total. The number of hydrogen-bond acceptors (Lipinski definition) is 3. The fourth-order valence-electron chi connectivity index (χ4n) is 1.33. The van der Waals surface area contributed by atoms with Crippen molar-refractivity contribution in [2.75, 3.05) is 13.7 Å². The second-order valence-corrected chi connectivity index (χ2v) is 5.20. The molecule has 0 radical (unpaired) electrons. The van der Waals surface area contributed by atoms with E-state index >= 15 is 0 Å². The van der Waals surface area contributed by atoms with Gasteiger partial charge in [-0.3, -0.25) is 9.59 Å². The van der Waals surface area contributed by atoms with Crippen molar-refractivity contribution in [1.29, 1.82) is 0 Å². The smallest absolute Gasteiger partial charge is 0.321 e. The molecule has 0 aliphatic heterocycles. The highest BCUT2D eigenvalue weighted by atomic mass is 79.9. The van der Waals surface area contributed by atoms with Gasteiger partial charge in [-0.1, -0.05) is 33.6 Å². The molecule has 0 aliphatic rings. The zero-order valence-electron chi connectivity index (χ0n) is 10.00. The van der Waals surface area contributed by atoms with Gasteiger partial charge in [-0.05, 0) is 24.6 Å². The number of nitrogens with one attached hydrogen (secondary N) is 1. The first-order valence-electron chi connectivity index (χ1n) is 5.22. The molecule has 0 spiro atoms. The minimum Gasteiger partial charge on any atom is -0.468 e. The van der Waals surface area contributed by atoms with Crippen molar-refractivity contribution in [2.24, 2.45) is 0 Å². The Morgan fingerprint density at radius 1 is 1.50 bits per heavy atom. The van der Waals surface area contributed by atoms with Gasteiger partial charge in [0, 0.05) is 17.1 Å².